The van der Waals surface area contributed by atoms with Gasteiger partial charge < -0.3 is 10.6 Å². The SMILES string of the molecule is O=C(Nc1cccc(C(F)(F)F)c1)C1(c2ccccc2)CCNCC1. The van der Waals surface area contributed by atoms with Gasteiger partial charge >= 0.3 is 6.18 Å². The van der Waals surface area contributed by atoms with Gasteiger partial charge in [0, 0.05) is 5.69 Å². The lowest BCUT2D eigenvalue weighted by molar-refractivity contribution is -0.137. The van der Waals surface area contributed by atoms with E-state index in [1.165, 1.54) is 12.1 Å². The topological polar surface area (TPSA) is 41.1 Å². The van der Waals surface area contributed by atoms with Crippen LogP contribution in [0.5, 0.6) is 0 Å². The highest BCUT2D eigenvalue weighted by atomic mass is 19.4. The molecule has 0 saturated carbocycles. The van der Waals surface area contributed by atoms with E-state index in [9.17, 15) is 18.0 Å². The number of nitrogens with one attached hydrogen (secondary N) is 2. The van der Waals surface area contributed by atoms with Crippen molar-refractivity contribution in [2.45, 2.75) is 24.4 Å². The van der Waals surface area contributed by atoms with E-state index >= 15 is 0 Å². The summed E-state index contributed by atoms with van der Waals surface area (Å²) >= 11 is 0. The van der Waals surface area contributed by atoms with Crippen molar-refractivity contribution in [1.29, 1.82) is 0 Å². The van der Waals surface area contributed by atoms with E-state index < -0.39 is 17.2 Å². The first-order valence-corrected chi connectivity index (χ1v) is 8.17. The van der Waals surface area contributed by atoms with Crippen LogP contribution in [-0.4, -0.2) is 19.0 Å². The van der Waals surface area contributed by atoms with Gasteiger partial charge in [-0.05, 0) is 49.7 Å². The molecule has 132 valence electrons. The molecule has 0 bridgehead atoms. The molecule has 6 heteroatoms. The lowest BCUT2D eigenvalue weighted by Crippen LogP contribution is -2.48. The highest BCUT2D eigenvalue weighted by Gasteiger charge is 2.41. The molecule has 3 nitrogen and oxygen atoms in total. The molecule has 1 aliphatic rings. The van der Waals surface area contributed by atoms with Crippen molar-refractivity contribution in [3.8, 4) is 0 Å². The van der Waals surface area contributed by atoms with E-state index in [0.717, 1.165) is 17.7 Å². The summed E-state index contributed by atoms with van der Waals surface area (Å²) in [7, 11) is 0. The van der Waals surface area contributed by atoms with Gasteiger partial charge in [0.05, 0.1) is 11.0 Å². The van der Waals surface area contributed by atoms with Crippen LogP contribution < -0.4 is 10.6 Å². The molecule has 0 atom stereocenters. The number of benzene rings is 2. The van der Waals surface area contributed by atoms with Gasteiger partial charge in [-0.3, -0.25) is 4.79 Å². The van der Waals surface area contributed by atoms with Crippen LogP contribution in [0, 0.1) is 0 Å². The van der Waals surface area contributed by atoms with Crippen LogP contribution in [0.4, 0.5) is 18.9 Å². The number of alkyl halides is 3. The number of rotatable bonds is 3. The van der Waals surface area contributed by atoms with Crippen molar-refractivity contribution in [2.24, 2.45) is 0 Å². The quantitative estimate of drug-likeness (QED) is 0.881. The van der Waals surface area contributed by atoms with E-state index in [0.29, 0.717) is 25.9 Å². The Kier molecular flexibility index (Phi) is 4.81. The molecule has 0 aliphatic carbocycles. The van der Waals surface area contributed by atoms with Crippen LogP contribution in [0.2, 0.25) is 0 Å². The Morgan fingerprint density at radius 2 is 1.68 bits per heavy atom. The zero-order chi connectivity index (χ0) is 17.9. The zero-order valence-electron chi connectivity index (χ0n) is 13.6. The van der Waals surface area contributed by atoms with Crippen LogP contribution in [0.3, 0.4) is 0 Å². The molecule has 3 rings (SSSR count). The summed E-state index contributed by atoms with van der Waals surface area (Å²) in [6, 6.07) is 14.2. The van der Waals surface area contributed by atoms with Crippen molar-refractivity contribution in [2.75, 3.05) is 18.4 Å². The minimum Gasteiger partial charge on any atom is -0.325 e. The summed E-state index contributed by atoms with van der Waals surface area (Å²) < 4.78 is 38.6. The van der Waals surface area contributed by atoms with Gasteiger partial charge in [0.15, 0.2) is 0 Å². The molecule has 0 unspecified atom stereocenters. The van der Waals surface area contributed by atoms with Crippen molar-refractivity contribution < 1.29 is 18.0 Å². The molecule has 25 heavy (non-hydrogen) atoms. The van der Waals surface area contributed by atoms with Crippen molar-refractivity contribution in [1.82, 2.24) is 5.32 Å². The van der Waals surface area contributed by atoms with Gasteiger partial charge in [-0.25, -0.2) is 0 Å². The summed E-state index contributed by atoms with van der Waals surface area (Å²) in [5.74, 6) is -0.264. The molecule has 2 aromatic rings. The molecule has 1 fully saturated rings. The normalized spacial score (nSPS) is 17.1. The van der Waals surface area contributed by atoms with Gasteiger partial charge in [-0.2, -0.15) is 13.2 Å². The molecule has 1 heterocycles. The maximum absolute atomic E-state index is 13.0. The first-order valence-electron chi connectivity index (χ1n) is 8.17. The Balaban J connectivity index is 1.89. The van der Waals surface area contributed by atoms with Crippen molar-refractivity contribution in [3.63, 3.8) is 0 Å². The first-order chi connectivity index (χ1) is 11.9. The fourth-order valence-electron chi connectivity index (χ4n) is 3.28. The minimum atomic E-state index is -4.44. The van der Waals surface area contributed by atoms with E-state index in [1.807, 2.05) is 30.3 Å². The highest BCUT2D eigenvalue weighted by molar-refractivity contribution is 5.99. The Hall–Kier alpha value is -2.34. The number of carbonyl (C=O) groups excluding carboxylic acids is 1. The Bertz CT molecular complexity index is 738. The second kappa shape index (κ2) is 6.88. The molecular formula is C19H19F3N2O. The lowest BCUT2D eigenvalue weighted by Gasteiger charge is -2.36. The molecule has 1 aliphatic heterocycles. The number of piperidine rings is 1. The Morgan fingerprint density at radius 3 is 2.32 bits per heavy atom. The van der Waals surface area contributed by atoms with E-state index in [2.05, 4.69) is 10.6 Å². The van der Waals surface area contributed by atoms with Gasteiger partial charge in [0.1, 0.15) is 0 Å². The van der Waals surface area contributed by atoms with Crippen LogP contribution in [0.25, 0.3) is 0 Å². The monoisotopic (exact) mass is 348 g/mol. The van der Waals surface area contributed by atoms with Gasteiger partial charge in [0.2, 0.25) is 5.91 Å². The third-order valence-corrected chi connectivity index (χ3v) is 4.67. The molecule has 2 aromatic carbocycles. The number of anilines is 1. The predicted octanol–water partition coefficient (Wildman–Crippen LogP) is 3.97. The van der Waals surface area contributed by atoms with Crippen molar-refractivity contribution >= 4 is 11.6 Å². The van der Waals surface area contributed by atoms with Crippen LogP contribution in [0.1, 0.15) is 24.0 Å². The summed E-state index contributed by atoms with van der Waals surface area (Å²) in [5.41, 5.74) is -0.459. The average molecular weight is 348 g/mol. The van der Waals surface area contributed by atoms with Gasteiger partial charge in [-0.1, -0.05) is 36.4 Å². The van der Waals surface area contributed by atoms with Crippen LogP contribution >= 0.6 is 0 Å². The molecule has 0 spiro atoms. The summed E-state index contributed by atoms with van der Waals surface area (Å²) in [5, 5.41) is 5.92. The Morgan fingerprint density at radius 1 is 1.00 bits per heavy atom. The maximum atomic E-state index is 13.0. The minimum absolute atomic E-state index is 0.161. The first kappa shape index (κ1) is 17.5. The van der Waals surface area contributed by atoms with Gasteiger partial charge in [-0.15, -0.1) is 0 Å². The summed E-state index contributed by atoms with van der Waals surface area (Å²) in [6.07, 6.45) is -3.24. The van der Waals surface area contributed by atoms with Crippen LogP contribution in [-0.2, 0) is 16.4 Å². The number of hydrogen-bond acceptors (Lipinski definition) is 2. The number of hydrogen-bond donors (Lipinski definition) is 2. The third kappa shape index (κ3) is 3.69. The lowest BCUT2D eigenvalue weighted by atomic mass is 9.72. The van der Waals surface area contributed by atoms with Crippen LogP contribution in [0.15, 0.2) is 54.6 Å². The number of carbonyl (C=O) groups is 1. The molecule has 1 amide bonds. The molecule has 1 saturated heterocycles. The molecule has 0 aromatic heterocycles. The molecule has 2 N–H and O–H groups in total. The fraction of sp³-hybridized carbons (Fsp3) is 0.316. The number of halogens is 3. The van der Waals surface area contributed by atoms with E-state index in [1.54, 1.807) is 0 Å². The Labute approximate surface area is 144 Å². The van der Waals surface area contributed by atoms with E-state index in [4.69, 9.17) is 0 Å². The average Bonchev–Trinajstić information content (AvgIpc) is 2.62. The highest BCUT2D eigenvalue weighted by Crippen LogP contribution is 2.36. The van der Waals surface area contributed by atoms with Crippen molar-refractivity contribution in [3.05, 3.63) is 65.7 Å². The fourth-order valence-corrected chi connectivity index (χ4v) is 3.28. The zero-order valence-corrected chi connectivity index (χ0v) is 13.6. The second-order valence-corrected chi connectivity index (χ2v) is 6.23. The largest absolute Gasteiger partial charge is 0.416 e. The van der Waals surface area contributed by atoms with Gasteiger partial charge in [0.25, 0.3) is 0 Å². The maximum Gasteiger partial charge on any atom is 0.416 e. The predicted molar refractivity (Wildman–Crippen MR) is 90.3 cm³/mol. The summed E-state index contributed by atoms with van der Waals surface area (Å²) in [6.45, 7) is 1.37. The standard InChI is InChI=1S/C19H19F3N2O/c20-19(21,22)15-7-4-8-16(13-15)24-17(25)18(9-11-23-12-10-18)14-5-2-1-3-6-14/h1-8,13,23H,9-12H2,(H,24,25). The summed E-state index contributed by atoms with van der Waals surface area (Å²) in [4.78, 5) is 13.0. The number of amides is 1. The second-order valence-electron chi connectivity index (χ2n) is 6.23. The third-order valence-electron chi connectivity index (χ3n) is 4.67. The smallest absolute Gasteiger partial charge is 0.325 e. The van der Waals surface area contributed by atoms with E-state index in [-0.39, 0.29) is 11.6 Å². The molecular weight excluding hydrogens is 329 g/mol. The molecule has 0 radical (unpaired) electrons.